The van der Waals surface area contributed by atoms with Crippen LogP contribution in [0.4, 0.5) is 10.9 Å². The van der Waals surface area contributed by atoms with Crippen molar-refractivity contribution in [2.75, 3.05) is 43.4 Å². The second-order valence-corrected chi connectivity index (χ2v) is 7.49. The Balaban J connectivity index is 1.96. The molecule has 0 bridgehead atoms. The summed E-state index contributed by atoms with van der Waals surface area (Å²) in [4.78, 5) is 19.2. The van der Waals surface area contributed by atoms with E-state index >= 15 is 0 Å². The Morgan fingerprint density at radius 3 is 2.71 bits per heavy atom. The van der Waals surface area contributed by atoms with E-state index in [0.717, 1.165) is 37.7 Å². The summed E-state index contributed by atoms with van der Waals surface area (Å²) in [5.41, 5.74) is 6.11. The highest BCUT2D eigenvalue weighted by Crippen LogP contribution is 2.28. The molecule has 2 rings (SSSR count). The van der Waals surface area contributed by atoms with E-state index in [9.17, 15) is 4.79 Å². The highest BCUT2D eigenvalue weighted by Gasteiger charge is 2.21. The van der Waals surface area contributed by atoms with Crippen molar-refractivity contribution in [1.82, 2.24) is 15.6 Å². The minimum atomic E-state index is -0.115. The molecule has 1 amide bonds. The van der Waals surface area contributed by atoms with Gasteiger partial charge in [0.05, 0.1) is 0 Å². The SMILES string of the molecule is CC(C)(C)CCNC(=O)c1sc(N2CCNCC2)nc1N. The highest BCUT2D eigenvalue weighted by molar-refractivity contribution is 7.18. The van der Waals surface area contributed by atoms with Crippen LogP contribution in [0, 0.1) is 5.41 Å². The summed E-state index contributed by atoms with van der Waals surface area (Å²) in [6.07, 6.45) is 0.933. The molecule has 7 heteroatoms. The van der Waals surface area contributed by atoms with Gasteiger partial charge in [0.15, 0.2) is 5.13 Å². The van der Waals surface area contributed by atoms with Crippen molar-refractivity contribution in [3.05, 3.63) is 4.88 Å². The van der Waals surface area contributed by atoms with Crippen molar-refractivity contribution in [2.45, 2.75) is 27.2 Å². The van der Waals surface area contributed by atoms with Gasteiger partial charge in [0, 0.05) is 32.7 Å². The molecule has 1 aliphatic heterocycles. The maximum absolute atomic E-state index is 12.2. The van der Waals surface area contributed by atoms with Crippen LogP contribution in [0.2, 0.25) is 0 Å². The molecule has 4 N–H and O–H groups in total. The molecule has 0 radical (unpaired) electrons. The molecule has 1 aliphatic rings. The number of piperazine rings is 1. The van der Waals surface area contributed by atoms with Crippen molar-refractivity contribution in [3.63, 3.8) is 0 Å². The molecule has 1 aromatic heterocycles. The second-order valence-electron chi connectivity index (χ2n) is 6.51. The van der Waals surface area contributed by atoms with E-state index in [-0.39, 0.29) is 11.3 Å². The zero-order valence-electron chi connectivity index (χ0n) is 13.0. The normalized spacial score (nSPS) is 16.0. The second kappa shape index (κ2) is 6.62. The van der Waals surface area contributed by atoms with Crippen molar-refractivity contribution in [2.24, 2.45) is 5.41 Å². The number of carbonyl (C=O) groups excluding carboxylic acids is 1. The molecule has 1 aromatic rings. The van der Waals surface area contributed by atoms with Crippen LogP contribution in [0.1, 0.15) is 36.9 Å². The van der Waals surface area contributed by atoms with Gasteiger partial charge in [-0.2, -0.15) is 0 Å². The van der Waals surface area contributed by atoms with Gasteiger partial charge in [0.25, 0.3) is 5.91 Å². The van der Waals surface area contributed by atoms with E-state index in [1.54, 1.807) is 0 Å². The van der Waals surface area contributed by atoms with Gasteiger partial charge >= 0.3 is 0 Å². The van der Waals surface area contributed by atoms with Gasteiger partial charge in [0.1, 0.15) is 10.7 Å². The zero-order valence-corrected chi connectivity index (χ0v) is 13.8. The largest absolute Gasteiger partial charge is 0.382 e. The lowest BCUT2D eigenvalue weighted by atomic mass is 9.92. The first-order valence-corrected chi connectivity index (χ1v) is 8.19. The van der Waals surface area contributed by atoms with E-state index in [4.69, 9.17) is 5.73 Å². The molecule has 0 atom stereocenters. The number of aromatic nitrogens is 1. The Kier molecular flexibility index (Phi) is 5.05. The molecule has 0 unspecified atom stereocenters. The summed E-state index contributed by atoms with van der Waals surface area (Å²) in [6, 6.07) is 0. The highest BCUT2D eigenvalue weighted by atomic mass is 32.1. The van der Waals surface area contributed by atoms with E-state index in [1.165, 1.54) is 11.3 Å². The fourth-order valence-electron chi connectivity index (χ4n) is 2.11. The lowest BCUT2D eigenvalue weighted by molar-refractivity contribution is 0.0954. The van der Waals surface area contributed by atoms with E-state index < -0.39 is 0 Å². The Morgan fingerprint density at radius 1 is 1.43 bits per heavy atom. The van der Waals surface area contributed by atoms with Crippen LogP contribution in [-0.4, -0.2) is 43.6 Å². The van der Waals surface area contributed by atoms with Gasteiger partial charge in [-0.1, -0.05) is 32.1 Å². The van der Waals surface area contributed by atoms with E-state index in [2.05, 4.69) is 41.3 Å². The lowest BCUT2D eigenvalue weighted by Gasteiger charge is -2.26. The summed E-state index contributed by atoms with van der Waals surface area (Å²) < 4.78 is 0. The first kappa shape index (κ1) is 16.0. The molecular formula is C14H25N5OS. The maximum Gasteiger partial charge on any atom is 0.265 e. The van der Waals surface area contributed by atoms with Gasteiger partial charge < -0.3 is 21.3 Å². The summed E-state index contributed by atoms with van der Waals surface area (Å²) >= 11 is 1.38. The number of nitrogens with zero attached hydrogens (tertiary/aromatic N) is 2. The number of hydrogen-bond acceptors (Lipinski definition) is 6. The monoisotopic (exact) mass is 311 g/mol. The number of nitrogens with two attached hydrogens (primary N) is 1. The fourth-order valence-corrected chi connectivity index (χ4v) is 3.06. The minimum absolute atomic E-state index is 0.115. The average Bonchev–Trinajstić information content (AvgIpc) is 2.80. The number of nitrogen functional groups attached to an aromatic ring is 1. The minimum Gasteiger partial charge on any atom is -0.382 e. The number of nitrogens with one attached hydrogen (secondary N) is 2. The molecule has 0 spiro atoms. The van der Waals surface area contributed by atoms with Crippen molar-refractivity contribution in [1.29, 1.82) is 0 Å². The zero-order chi connectivity index (χ0) is 15.5. The third-order valence-corrected chi connectivity index (χ3v) is 4.53. The van der Waals surface area contributed by atoms with Gasteiger partial charge in [-0.15, -0.1) is 0 Å². The van der Waals surface area contributed by atoms with Crippen LogP contribution in [0.5, 0.6) is 0 Å². The van der Waals surface area contributed by atoms with Crippen LogP contribution >= 0.6 is 11.3 Å². The smallest absolute Gasteiger partial charge is 0.265 e. The molecule has 2 heterocycles. The fraction of sp³-hybridized carbons (Fsp3) is 0.714. The Morgan fingerprint density at radius 2 is 2.10 bits per heavy atom. The third-order valence-electron chi connectivity index (χ3n) is 3.40. The summed E-state index contributed by atoms with van der Waals surface area (Å²) in [6.45, 7) is 10.8. The van der Waals surface area contributed by atoms with Gasteiger partial charge in [-0.05, 0) is 11.8 Å². The number of carbonyl (C=O) groups is 1. The first-order chi connectivity index (χ1) is 9.87. The maximum atomic E-state index is 12.2. The molecule has 6 nitrogen and oxygen atoms in total. The van der Waals surface area contributed by atoms with Crippen molar-refractivity contribution >= 4 is 28.2 Å². The Bertz CT molecular complexity index is 488. The van der Waals surface area contributed by atoms with Gasteiger partial charge in [0.2, 0.25) is 0 Å². The van der Waals surface area contributed by atoms with Gasteiger partial charge in [-0.3, -0.25) is 4.79 Å². The topological polar surface area (TPSA) is 83.3 Å². The third kappa shape index (κ3) is 4.57. The lowest BCUT2D eigenvalue weighted by Crippen LogP contribution is -2.43. The quantitative estimate of drug-likeness (QED) is 0.781. The predicted molar refractivity (Wildman–Crippen MR) is 88.0 cm³/mol. The molecule has 0 aliphatic carbocycles. The molecule has 118 valence electrons. The molecular weight excluding hydrogens is 286 g/mol. The van der Waals surface area contributed by atoms with E-state index in [1.807, 2.05) is 0 Å². The number of anilines is 2. The number of thiazole rings is 1. The molecule has 21 heavy (non-hydrogen) atoms. The van der Waals surface area contributed by atoms with Gasteiger partial charge in [-0.25, -0.2) is 4.98 Å². The summed E-state index contributed by atoms with van der Waals surface area (Å²) in [5, 5.41) is 7.07. The number of hydrogen-bond donors (Lipinski definition) is 3. The molecule has 0 saturated carbocycles. The number of amides is 1. The Labute approximate surface area is 130 Å². The number of rotatable bonds is 4. The van der Waals surface area contributed by atoms with Crippen LogP contribution in [-0.2, 0) is 0 Å². The first-order valence-electron chi connectivity index (χ1n) is 7.37. The standard InChI is InChI=1S/C14H25N5OS/c1-14(2,3)4-5-17-12(20)10-11(15)18-13(21-10)19-8-6-16-7-9-19/h16H,4-9,15H2,1-3H3,(H,17,20). The predicted octanol–water partition coefficient (Wildman–Crippen LogP) is 1.30. The molecule has 0 aromatic carbocycles. The summed E-state index contributed by atoms with van der Waals surface area (Å²) in [7, 11) is 0. The van der Waals surface area contributed by atoms with Crippen LogP contribution in [0.15, 0.2) is 0 Å². The Hall–Kier alpha value is -1.34. The van der Waals surface area contributed by atoms with Crippen molar-refractivity contribution < 1.29 is 4.79 Å². The summed E-state index contributed by atoms with van der Waals surface area (Å²) in [5.74, 6) is 0.220. The van der Waals surface area contributed by atoms with Crippen molar-refractivity contribution in [3.8, 4) is 0 Å². The average molecular weight is 311 g/mol. The molecule has 1 saturated heterocycles. The van der Waals surface area contributed by atoms with E-state index in [0.29, 0.717) is 17.2 Å². The van der Waals surface area contributed by atoms with Crippen LogP contribution in [0.3, 0.4) is 0 Å². The van der Waals surface area contributed by atoms with Crippen LogP contribution in [0.25, 0.3) is 0 Å². The molecule has 1 fully saturated rings. The van der Waals surface area contributed by atoms with Crippen LogP contribution < -0.4 is 21.3 Å².